The van der Waals surface area contributed by atoms with Crippen molar-refractivity contribution in [3.63, 3.8) is 0 Å². The van der Waals surface area contributed by atoms with E-state index in [1.165, 1.54) is 0 Å². The van der Waals surface area contributed by atoms with E-state index in [4.69, 9.17) is 4.74 Å². The number of anilines is 1. The second kappa shape index (κ2) is 7.39. The van der Waals surface area contributed by atoms with Gasteiger partial charge >= 0.3 is 0 Å². The molecule has 6 nitrogen and oxygen atoms in total. The van der Waals surface area contributed by atoms with Crippen LogP contribution in [0.25, 0.3) is 16.8 Å². The maximum absolute atomic E-state index is 13.0. The zero-order chi connectivity index (χ0) is 20.5. The Kier molecular flexibility index (Phi) is 4.76. The van der Waals surface area contributed by atoms with Crippen LogP contribution in [0, 0.1) is 20.8 Å². The third-order valence-corrected chi connectivity index (χ3v) is 4.97. The third kappa shape index (κ3) is 3.33. The molecule has 2 aromatic carbocycles. The lowest BCUT2D eigenvalue weighted by atomic mass is 10.1. The van der Waals surface area contributed by atoms with Crippen molar-refractivity contribution in [3.05, 3.63) is 77.2 Å². The number of benzene rings is 2. The van der Waals surface area contributed by atoms with Gasteiger partial charge in [0, 0.05) is 11.8 Å². The molecule has 4 aromatic rings. The van der Waals surface area contributed by atoms with Gasteiger partial charge in [-0.3, -0.25) is 4.79 Å². The molecule has 2 aromatic heterocycles. The number of nitrogens with zero attached hydrogens (tertiary/aromatic N) is 3. The summed E-state index contributed by atoms with van der Waals surface area (Å²) >= 11 is 0. The van der Waals surface area contributed by atoms with Crippen molar-refractivity contribution in [2.24, 2.45) is 0 Å². The lowest BCUT2D eigenvalue weighted by molar-refractivity contribution is 0.102. The minimum absolute atomic E-state index is 0.254. The Morgan fingerprint density at radius 3 is 2.55 bits per heavy atom. The minimum Gasteiger partial charge on any atom is -0.495 e. The first-order valence-corrected chi connectivity index (χ1v) is 9.36. The molecule has 0 fully saturated rings. The molecule has 0 atom stereocenters. The highest BCUT2D eigenvalue weighted by Gasteiger charge is 2.19. The molecule has 146 valence electrons. The Bertz CT molecular complexity index is 1210. The first kappa shape index (κ1) is 18.7. The van der Waals surface area contributed by atoms with Crippen molar-refractivity contribution in [2.75, 3.05) is 12.4 Å². The number of carbonyl (C=O) groups excluding carboxylic acids is 1. The van der Waals surface area contributed by atoms with Crippen LogP contribution in [0.15, 0.2) is 54.7 Å². The number of aryl methyl sites for hydroxylation is 3. The summed E-state index contributed by atoms with van der Waals surface area (Å²) in [6.07, 6.45) is 1.61. The molecular formula is C23H22N4O2. The summed E-state index contributed by atoms with van der Waals surface area (Å²) in [6, 6.07) is 15.7. The maximum atomic E-state index is 13.0. The first-order valence-electron chi connectivity index (χ1n) is 9.36. The van der Waals surface area contributed by atoms with Crippen LogP contribution in [-0.4, -0.2) is 27.6 Å². The van der Waals surface area contributed by atoms with Gasteiger partial charge in [-0.15, -0.1) is 0 Å². The van der Waals surface area contributed by atoms with Gasteiger partial charge in [-0.1, -0.05) is 36.4 Å². The quantitative estimate of drug-likeness (QED) is 0.557. The smallest absolute Gasteiger partial charge is 0.259 e. The van der Waals surface area contributed by atoms with Crippen LogP contribution < -0.4 is 10.1 Å². The number of ether oxygens (including phenoxy) is 1. The summed E-state index contributed by atoms with van der Waals surface area (Å²) in [6.45, 7) is 5.79. The molecule has 6 heteroatoms. The number of hydrogen-bond donors (Lipinski definition) is 1. The molecule has 0 saturated carbocycles. The van der Waals surface area contributed by atoms with Crippen LogP contribution >= 0.6 is 0 Å². The molecule has 0 aliphatic rings. The Morgan fingerprint density at radius 2 is 1.83 bits per heavy atom. The Labute approximate surface area is 169 Å². The number of amides is 1. The molecule has 29 heavy (non-hydrogen) atoms. The summed E-state index contributed by atoms with van der Waals surface area (Å²) in [5.74, 6) is 0.354. The number of nitrogens with one attached hydrogen (secondary N) is 1. The zero-order valence-corrected chi connectivity index (χ0v) is 16.9. The maximum Gasteiger partial charge on any atom is 0.259 e. The molecule has 0 spiro atoms. The van der Waals surface area contributed by atoms with Gasteiger partial charge in [-0.05, 0) is 44.0 Å². The fourth-order valence-corrected chi connectivity index (χ4v) is 3.48. The SMILES string of the molecule is COc1ccc(C)cc1NC(=O)c1cnc2c(-c3ccccc3)c(C)nn2c1C. The van der Waals surface area contributed by atoms with Crippen LogP contribution in [-0.2, 0) is 0 Å². The number of fused-ring (bicyclic) bond motifs is 1. The minimum atomic E-state index is -0.254. The normalized spacial score (nSPS) is 10.9. The van der Waals surface area contributed by atoms with E-state index >= 15 is 0 Å². The van der Waals surface area contributed by atoms with E-state index in [-0.39, 0.29) is 5.91 Å². The Balaban J connectivity index is 1.75. The van der Waals surface area contributed by atoms with E-state index in [2.05, 4.69) is 15.4 Å². The summed E-state index contributed by atoms with van der Waals surface area (Å²) < 4.78 is 7.09. The number of aromatic nitrogens is 3. The Hall–Kier alpha value is -3.67. The summed E-state index contributed by atoms with van der Waals surface area (Å²) in [7, 11) is 1.58. The summed E-state index contributed by atoms with van der Waals surface area (Å²) in [5, 5.41) is 7.57. The largest absolute Gasteiger partial charge is 0.495 e. The molecule has 1 amide bonds. The van der Waals surface area contributed by atoms with Crippen molar-refractivity contribution in [2.45, 2.75) is 20.8 Å². The van der Waals surface area contributed by atoms with E-state index in [0.717, 1.165) is 33.7 Å². The van der Waals surface area contributed by atoms with E-state index in [0.29, 0.717) is 17.0 Å². The molecule has 0 unspecified atom stereocenters. The molecule has 4 rings (SSSR count). The number of hydrogen-bond acceptors (Lipinski definition) is 4. The van der Waals surface area contributed by atoms with Crippen LogP contribution in [0.2, 0.25) is 0 Å². The van der Waals surface area contributed by atoms with E-state index in [1.807, 2.05) is 69.3 Å². The molecule has 0 radical (unpaired) electrons. The van der Waals surface area contributed by atoms with E-state index in [1.54, 1.807) is 17.8 Å². The van der Waals surface area contributed by atoms with Crippen molar-refractivity contribution in [1.82, 2.24) is 14.6 Å². The molecule has 2 heterocycles. The second-order valence-corrected chi connectivity index (χ2v) is 6.98. The van der Waals surface area contributed by atoms with E-state index in [9.17, 15) is 4.79 Å². The predicted octanol–water partition coefficient (Wildman–Crippen LogP) is 4.58. The average molecular weight is 386 g/mol. The van der Waals surface area contributed by atoms with Crippen LogP contribution in [0.1, 0.15) is 27.3 Å². The molecule has 0 aliphatic carbocycles. The number of rotatable bonds is 4. The lowest BCUT2D eigenvalue weighted by Crippen LogP contribution is -2.16. The van der Waals surface area contributed by atoms with Crippen LogP contribution in [0.3, 0.4) is 0 Å². The van der Waals surface area contributed by atoms with Crippen molar-refractivity contribution >= 4 is 17.2 Å². The molecule has 1 N–H and O–H groups in total. The van der Waals surface area contributed by atoms with Gasteiger partial charge in [-0.2, -0.15) is 5.10 Å². The van der Waals surface area contributed by atoms with Gasteiger partial charge in [0.1, 0.15) is 5.75 Å². The number of carbonyl (C=O) groups is 1. The first-order chi connectivity index (χ1) is 14.0. The molecule has 0 saturated heterocycles. The monoisotopic (exact) mass is 386 g/mol. The standard InChI is InChI=1S/C23H22N4O2/c1-14-10-11-20(29-4)19(12-14)25-23(28)18-13-24-22-21(17-8-6-5-7-9-17)15(2)26-27(22)16(18)3/h5-13H,1-4H3,(H,25,28). The van der Waals surface area contributed by atoms with Gasteiger partial charge in [0.15, 0.2) is 5.65 Å². The van der Waals surface area contributed by atoms with Crippen LogP contribution in [0.4, 0.5) is 5.69 Å². The average Bonchev–Trinajstić information content (AvgIpc) is 3.06. The lowest BCUT2D eigenvalue weighted by Gasteiger charge is -2.12. The highest BCUT2D eigenvalue weighted by Crippen LogP contribution is 2.29. The molecule has 0 aliphatic heterocycles. The topological polar surface area (TPSA) is 68.5 Å². The van der Waals surface area contributed by atoms with Crippen molar-refractivity contribution in [3.8, 4) is 16.9 Å². The van der Waals surface area contributed by atoms with Crippen molar-refractivity contribution in [1.29, 1.82) is 0 Å². The third-order valence-electron chi connectivity index (χ3n) is 4.97. The second-order valence-electron chi connectivity index (χ2n) is 6.98. The number of methoxy groups -OCH3 is 1. The van der Waals surface area contributed by atoms with Gasteiger partial charge in [-0.25, -0.2) is 9.50 Å². The summed E-state index contributed by atoms with van der Waals surface area (Å²) in [5.41, 5.74) is 6.46. The highest BCUT2D eigenvalue weighted by atomic mass is 16.5. The van der Waals surface area contributed by atoms with Gasteiger partial charge in [0.2, 0.25) is 0 Å². The zero-order valence-electron chi connectivity index (χ0n) is 16.9. The fourth-order valence-electron chi connectivity index (χ4n) is 3.48. The summed E-state index contributed by atoms with van der Waals surface area (Å²) in [4.78, 5) is 17.5. The highest BCUT2D eigenvalue weighted by molar-refractivity contribution is 6.05. The van der Waals surface area contributed by atoms with Crippen LogP contribution in [0.5, 0.6) is 5.75 Å². The van der Waals surface area contributed by atoms with Gasteiger partial charge < -0.3 is 10.1 Å². The van der Waals surface area contributed by atoms with Gasteiger partial charge in [0.05, 0.1) is 29.7 Å². The molecule has 0 bridgehead atoms. The van der Waals surface area contributed by atoms with E-state index < -0.39 is 0 Å². The van der Waals surface area contributed by atoms with Gasteiger partial charge in [0.25, 0.3) is 5.91 Å². The molecular weight excluding hydrogens is 364 g/mol. The predicted molar refractivity (Wildman–Crippen MR) is 114 cm³/mol. The van der Waals surface area contributed by atoms with Crippen molar-refractivity contribution < 1.29 is 9.53 Å². The fraction of sp³-hybridized carbons (Fsp3) is 0.174. The Morgan fingerprint density at radius 1 is 1.07 bits per heavy atom.